The lowest BCUT2D eigenvalue weighted by atomic mass is 10.1. The topological polar surface area (TPSA) is 87.4 Å². The number of hydrogen-bond donors (Lipinski definition) is 1. The van der Waals surface area contributed by atoms with E-state index in [2.05, 4.69) is 21.1 Å². The van der Waals surface area contributed by atoms with E-state index < -0.39 is 0 Å². The molecule has 6 heteroatoms. The van der Waals surface area contributed by atoms with E-state index in [4.69, 9.17) is 0 Å². The Morgan fingerprint density at radius 3 is 2.88 bits per heavy atom. The lowest BCUT2D eigenvalue weighted by Gasteiger charge is -2.11. The molecule has 3 aromatic rings. The van der Waals surface area contributed by atoms with Crippen molar-refractivity contribution in [3.8, 4) is 6.07 Å². The van der Waals surface area contributed by atoms with Crippen molar-refractivity contribution in [3.05, 3.63) is 57.8 Å². The molecule has 0 amide bonds. The molecule has 1 N–H and O–H groups in total. The summed E-state index contributed by atoms with van der Waals surface area (Å²) in [5.41, 5.74) is 1.93. The number of nitriles is 1. The van der Waals surface area contributed by atoms with E-state index in [-0.39, 0.29) is 5.56 Å². The maximum atomic E-state index is 12.4. The zero-order chi connectivity index (χ0) is 16.5. The number of rotatable bonds is 3. The number of fused-ring (bicyclic) bond motifs is 1. The predicted molar refractivity (Wildman–Crippen MR) is 89.6 cm³/mol. The molecule has 6 nitrogen and oxygen atoms in total. The van der Waals surface area contributed by atoms with Gasteiger partial charge in [-0.25, -0.2) is 9.67 Å². The smallest absolute Gasteiger partial charge is 0.262 e. The normalized spacial score (nSPS) is 15.0. The van der Waals surface area contributed by atoms with Crippen LogP contribution < -0.4 is 5.56 Å². The monoisotopic (exact) mass is 319 g/mol. The summed E-state index contributed by atoms with van der Waals surface area (Å²) >= 11 is 0. The second kappa shape index (κ2) is 5.93. The number of hydrogen-bond acceptors (Lipinski definition) is 4. The first-order chi connectivity index (χ1) is 11.8. The van der Waals surface area contributed by atoms with Crippen LogP contribution in [0.5, 0.6) is 0 Å². The summed E-state index contributed by atoms with van der Waals surface area (Å²) < 4.78 is 1.90. The zero-order valence-electron chi connectivity index (χ0n) is 13.2. The highest BCUT2D eigenvalue weighted by molar-refractivity contribution is 5.73. The second-order valence-electron chi connectivity index (χ2n) is 6.22. The van der Waals surface area contributed by atoms with E-state index in [1.54, 1.807) is 12.3 Å². The molecule has 4 rings (SSSR count). The van der Waals surface area contributed by atoms with Gasteiger partial charge in [0.1, 0.15) is 11.2 Å². The molecule has 2 aromatic heterocycles. The molecule has 0 saturated heterocycles. The average Bonchev–Trinajstić information content (AvgIpc) is 3.24. The van der Waals surface area contributed by atoms with Crippen molar-refractivity contribution in [1.82, 2.24) is 19.7 Å². The van der Waals surface area contributed by atoms with Gasteiger partial charge in [0, 0.05) is 6.42 Å². The highest BCUT2D eigenvalue weighted by Gasteiger charge is 2.21. The van der Waals surface area contributed by atoms with Crippen LogP contribution in [-0.2, 0) is 6.42 Å². The number of H-pyrrole nitrogens is 1. The van der Waals surface area contributed by atoms with Crippen molar-refractivity contribution in [2.24, 2.45) is 0 Å². The van der Waals surface area contributed by atoms with E-state index in [0.717, 1.165) is 18.4 Å². The maximum absolute atomic E-state index is 12.4. The van der Waals surface area contributed by atoms with Gasteiger partial charge in [0.2, 0.25) is 0 Å². The third-order valence-electron chi connectivity index (χ3n) is 4.68. The summed E-state index contributed by atoms with van der Waals surface area (Å²) in [6.07, 6.45) is 6.57. The predicted octanol–water partition coefficient (Wildman–Crippen LogP) is 2.70. The highest BCUT2D eigenvalue weighted by atomic mass is 16.1. The number of aromatic nitrogens is 4. The Hall–Kier alpha value is -2.94. The molecular formula is C18H17N5O. The fraction of sp³-hybridized carbons (Fsp3) is 0.333. The van der Waals surface area contributed by atoms with Crippen LogP contribution in [0.3, 0.4) is 0 Å². The minimum Gasteiger partial charge on any atom is -0.310 e. The van der Waals surface area contributed by atoms with Gasteiger partial charge in [-0.3, -0.25) is 4.79 Å². The van der Waals surface area contributed by atoms with Gasteiger partial charge in [0.05, 0.1) is 23.9 Å². The number of benzene rings is 1. The van der Waals surface area contributed by atoms with E-state index in [1.165, 1.54) is 12.8 Å². The third-order valence-corrected chi connectivity index (χ3v) is 4.68. The standard InChI is InChI=1S/C18H17N5O/c19-10-13-6-2-1-5-12(13)9-16-21-17-15(18(24)22-16)11-20-23(17)14-7-3-4-8-14/h1-2,5-6,11,14H,3-4,7-9H2,(H,21,22,24). The molecule has 2 heterocycles. The van der Waals surface area contributed by atoms with Crippen molar-refractivity contribution < 1.29 is 0 Å². The van der Waals surface area contributed by atoms with Crippen LogP contribution in [0.1, 0.15) is 48.7 Å². The van der Waals surface area contributed by atoms with E-state index in [9.17, 15) is 10.1 Å². The molecule has 0 aliphatic heterocycles. The van der Waals surface area contributed by atoms with Gasteiger partial charge in [-0.15, -0.1) is 0 Å². The molecule has 1 saturated carbocycles. The Morgan fingerprint density at radius 2 is 2.08 bits per heavy atom. The van der Waals surface area contributed by atoms with Crippen LogP contribution >= 0.6 is 0 Å². The molecular weight excluding hydrogens is 302 g/mol. The molecule has 0 bridgehead atoms. The Kier molecular flexibility index (Phi) is 3.62. The van der Waals surface area contributed by atoms with E-state index in [0.29, 0.717) is 34.9 Å². The summed E-state index contributed by atoms with van der Waals surface area (Å²) in [5, 5.41) is 14.1. The lowest BCUT2D eigenvalue weighted by molar-refractivity contribution is 0.478. The van der Waals surface area contributed by atoms with Crippen molar-refractivity contribution in [3.63, 3.8) is 0 Å². The molecule has 1 aliphatic carbocycles. The van der Waals surface area contributed by atoms with Crippen LogP contribution in [0.25, 0.3) is 11.0 Å². The number of nitrogens with zero attached hydrogens (tertiary/aromatic N) is 4. The Bertz CT molecular complexity index is 989. The summed E-state index contributed by atoms with van der Waals surface area (Å²) in [6, 6.07) is 9.88. The fourth-order valence-corrected chi connectivity index (χ4v) is 3.45. The van der Waals surface area contributed by atoms with Crippen LogP contribution in [0.4, 0.5) is 0 Å². The highest BCUT2D eigenvalue weighted by Crippen LogP contribution is 2.30. The third kappa shape index (κ3) is 2.48. The summed E-state index contributed by atoms with van der Waals surface area (Å²) in [5.74, 6) is 0.565. The minimum absolute atomic E-state index is 0.173. The van der Waals surface area contributed by atoms with E-state index in [1.807, 2.05) is 22.9 Å². The van der Waals surface area contributed by atoms with Crippen molar-refractivity contribution in [2.75, 3.05) is 0 Å². The number of nitrogens with one attached hydrogen (secondary N) is 1. The number of aromatic amines is 1. The minimum atomic E-state index is -0.173. The molecule has 0 atom stereocenters. The van der Waals surface area contributed by atoms with Crippen LogP contribution in [0.2, 0.25) is 0 Å². The zero-order valence-corrected chi connectivity index (χ0v) is 13.2. The molecule has 120 valence electrons. The second-order valence-corrected chi connectivity index (χ2v) is 6.22. The van der Waals surface area contributed by atoms with Crippen molar-refractivity contribution in [1.29, 1.82) is 5.26 Å². The molecule has 24 heavy (non-hydrogen) atoms. The summed E-state index contributed by atoms with van der Waals surface area (Å²) in [7, 11) is 0. The Balaban J connectivity index is 1.78. The lowest BCUT2D eigenvalue weighted by Crippen LogP contribution is -2.14. The van der Waals surface area contributed by atoms with Crippen LogP contribution in [0, 0.1) is 11.3 Å². The SMILES string of the molecule is N#Cc1ccccc1Cc1nc2c(cnn2C2CCCC2)c(=O)[nH]1. The van der Waals surface area contributed by atoms with Gasteiger partial charge >= 0.3 is 0 Å². The van der Waals surface area contributed by atoms with Crippen molar-refractivity contribution in [2.45, 2.75) is 38.1 Å². The average molecular weight is 319 g/mol. The van der Waals surface area contributed by atoms with Gasteiger partial charge in [-0.1, -0.05) is 31.0 Å². The van der Waals surface area contributed by atoms with Gasteiger partial charge in [-0.2, -0.15) is 10.4 Å². The maximum Gasteiger partial charge on any atom is 0.262 e. The first-order valence-corrected chi connectivity index (χ1v) is 8.20. The van der Waals surface area contributed by atoms with E-state index >= 15 is 0 Å². The van der Waals surface area contributed by atoms with Crippen LogP contribution in [-0.4, -0.2) is 19.7 Å². The van der Waals surface area contributed by atoms with Crippen molar-refractivity contribution >= 4 is 11.0 Å². The first kappa shape index (κ1) is 14.6. The Morgan fingerprint density at radius 1 is 1.29 bits per heavy atom. The molecule has 1 aromatic carbocycles. The van der Waals surface area contributed by atoms with Gasteiger partial charge < -0.3 is 4.98 Å². The quantitative estimate of drug-likeness (QED) is 0.804. The summed E-state index contributed by atoms with van der Waals surface area (Å²) in [6.45, 7) is 0. The Labute approximate surface area is 138 Å². The molecule has 0 unspecified atom stereocenters. The molecule has 0 spiro atoms. The van der Waals surface area contributed by atoms with Gasteiger partial charge in [0.15, 0.2) is 5.65 Å². The molecule has 1 aliphatic rings. The van der Waals surface area contributed by atoms with Gasteiger partial charge in [-0.05, 0) is 24.5 Å². The molecule has 1 fully saturated rings. The summed E-state index contributed by atoms with van der Waals surface area (Å²) in [4.78, 5) is 19.8. The van der Waals surface area contributed by atoms with Gasteiger partial charge in [0.25, 0.3) is 5.56 Å². The largest absolute Gasteiger partial charge is 0.310 e. The van der Waals surface area contributed by atoms with Crippen LogP contribution in [0.15, 0.2) is 35.3 Å². The fourth-order valence-electron chi connectivity index (χ4n) is 3.45. The first-order valence-electron chi connectivity index (χ1n) is 8.20. The molecule has 0 radical (unpaired) electrons.